The van der Waals surface area contributed by atoms with Gasteiger partial charge >= 0.3 is 0 Å². The van der Waals surface area contributed by atoms with Gasteiger partial charge in [0.2, 0.25) is 0 Å². The summed E-state index contributed by atoms with van der Waals surface area (Å²) in [5, 5.41) is 3.11. The summed E-state index contributed by atoms with van der Waals surface area (Å²) in [5.41, 5.74) is 3.35. The van der Waals surface area contributed by atoms with E-state index in [9.17, 15) is 4.79 Å². The SMILES string of the molecule is Cc1cc(C)cc(NC(=O)C[NH+]2CCC[C@@H]3CCCC[C@@H]32)c1. The summed E-state index contributed by atoms with van der Waals surface area (Å²) in [6.45, 7) is 5.95. The van der Waals surface area contributed by atoms with E-state index in [0.29, 0.717) is 6.54 Å². The highest BCUT2D eigenvalue weighted by Crippen LogP contribution is 2.28. The number of nitrogens with one attached hydrogen (secondary N) is 2. The summed E-state index contributed by atoms with van der Waals surface area (Å²) >= 11 is 0. The Labute approximate surface area is 134 Å². The first kappa shape index (κ1) is 15.5. The Hall–Kier alpha value is -1.35. The second-order valence-corrected chi connectivity index (χ2v) is 7.30. The van der Waals surface area contributed by atoms with Crippen molar-refractivity contribution in [1.29, 1.82) is 0 Å². The average molecular weight is 301 g/mol. The van der Waals surface area contributed by atoms with Crippen molar-refractivity contribution in [3.8, 4) is 0 Å². The summed E-state index contributed by atoms with van der Waals surface area (Å²) in [4.78, 5) is 14.0. The Morgan fingerprint density at radius 3 is 2.55 bits per heavy atom. The molecule has 1 saturated carbocycles. The number of hydrogen-bond acceptors (Lipinski definition) is 1. The Morgan fingerprint density at radius 2 is 1.77 bits per heavy atom. The summed E-state index contributed by atoms with van der Waals surface area (Å²) < 4.78 is 0. The van der Waals surface area contributed by atoms with Crippen LogP contribution in [-0.2, 0) is 4.79 Å². The molecule has 3 rings (SSSR count). The molecule has 0 radical (unpaired) electrons. The van der Waals surface area contributed by atoms with Gasteiger partial charge in [0.15, 0.2) is 6.54 Å². The highest BCUT2D eigenvalue weighted by molar-refractivity contribution is 5.91. The predicted molar refractivity (Wildman–Crippen MR) is 90.2 cm³/mol. The number of fused-ring (bicyclic) bond motifs is 1. The highest BCUT2D eigenvalue weighted by atomic mass is 16.2. The van der Waals surface area contributed by atoms with Gasteiger partial charge in [0.05, 0.1) is 12.6 Å². The molecule has 0 spiro atoms. The Morgan fingerprint density at radius 1 is 1.09 bits per heavy atom. The molecule has 3 nitrogen and oxygen atoms in total. The van der Waals surface area contributed by atoms with Crippen LogP contribution in [0.4, 0.5) is 5.69 Å². The lowest BCUT2D eigenvalue weighted by molar-refractivity contribution is -0.928. The average Bonchev–Trinajstić information content (AvgIpc) is 2.46. The number of amides is 1. The van der Waals surface area contributed by atoms with Gasteiger partial charge < -0.3 is 10.2 Å². The van der Waals surface area contributed by atoms with Crippen LogP contribution in [0.25, 0.3) is 0 Å². The Balaban J connectivity index is 1.60. The molecule has 1 aromatic carbocycles. The minimum atomic E-state index is 0.172. The fourth-order valence-corrected chi connectivity index (χ4v) is 4.55. The topological polar surface area (TPSA) is 33.5 Å². The number of benzene rings is 1. The van der Waals surface area contributed by atoms with E-state index < -0.39 is 0 Å². The second-order valence-electron chi connectivity index (χ2n) is 7.30. The summed E-state index contributed by atoms with van der Waals surface area (Å²) in [6, 6.07) is 6.98. The molecular formula is C19H29N2O+. The van der Waals surface area contributed by atoms with Crippen LogP contribution in [0, 0.1) is 19.8 Å². The lowest BCUT2D eigenvalue weighted by Gasteiger charge is -2.40. The first-order chi connectivity index (χ1) is 10.6. The van der Waals surface area contributed by atoms with Crippen molar-refractivity contribution in [3.05, 3.63) is 29.3 Å². The third-order valence-corrected chi connectivity index (χ3v) is 5.40. The fourth-order valence-electron chi connectivity index (χ4n) is 4.55. The van der Waals surface area contributed by atoms with Gasteiger partial charge in [0, 0.05) is 11.6 Å². The standard InChI is InChI=1S/C19H28N2O/c1-14-10-15(2)12-17(11-14)20-19(22)13-21-9-5-7-16-6-3-4-8-18(16)21/h10-12,16,18H,3-9,13H2,1-2H3,(H,20,22)/p+1/t16-,18-/m0/s1. The van der Waals surface area contributed by atoms with Gasteiger partial charge in [0.25, 0.3) is 5.91 Å². The number of carbonyl (C=O) groups excluding carboxylic acids is 1. The number of anilines is 1. The van der Waals surface area contributed by atoms with Crippen molar-refractivity contribution >= 4 is 11.6 Å². The van der Waals surface area contributed by atoms with E-state index in [1.165, 1.54) is 61.1 Å². The van der Waals surface area contributed by atoms with E-state index in [1.54, 1.807) is 0 Å². The van der Waals surface area contributed by atoms with E-state index in [4.69, 9.17) is 0 Å². The van der Waals surface area contributed by atoms with Gasteiger partial charge in [-0.3, -0.25) is 4.79 Å². The molecule has 120 valence electrons. The first-order valence-electron chi connectivity index (χ1n) is 8.84. The van der Waals surface area contributed by atoms with Gasteiger partial charge in [-0.05, 0) is 69.2 Å². The molecule has 1 amide bonds. The lowest BCUT2D eigenvalue weighted by atomic mass is 9.78. The highest BCUT2D eigenvalue weighted by Gasteiger charge is 2.37. The van der Waals surface area contributed by atoms with Crippen LogP contribution in [0.2, 0.25) is 0 Å². The zero-order valence-electron chi connectivity index (χ0n) is 14.0. The van der Waals surface area contributed by atoms with Crippen molar-refractivity contribution in [1.82, 2.24) is 0 Å². The van der Waals surface area contributed by atoms with E-state index in [0.717, 1.165) is 17.6 Å². The van der Waals surface area contributed by atoms with Crippen molar-refractivity contribution in [2.24, 2.45) is 5.92 Å². The van der Waals surface area contributed by atoms with Gasteiger partial charge in [0.1, 0.15) is 0 Å². The minimum Gasteiger partial charge on any atom is -0.324 e. The van der Waals surface area contributed by atoms with Crippen LogP contribution in [-0.4, -0.2) is 25.0 Å². The molecular weight excluding hydrogens is 272 g/mol. The molecule has 0 bridgehead atoms. The molecule has 3 heteroatoms. The molecule has 1 unspecified atom stereocenters. The van der Waals surface area contributed by atoms with Crippen LogP contribution < -0.4 is 10.2 Å². The lowest BCUT2D eigenvalue weighted by Crippen LogP contribution is -3.18. The van der Waals surface area contributed by atoms with Crippen LogP contribution in [0.5, 0.6) is 0 Å². The van der Waals surface area contributed by atoms with Crippen LogP contribution in [0.3, 0.4) is 0 Å². The monoisotopic (exact) mass is 301 g/mol. The normalized spacial score (nSPS) is 28.0. The zero-order valence-corrected chi connectivity index (χ0v) is 14.0. The van der Waals surface area contributed by atoms with Crippen molar-refractivity contribution in [3.63, 3.8) is 0 Å². The first-order valence-corrected chi connectivity index (χ1v) is 8.84. The molecule has 2 aliphatic rings. The van der Waals surface area contributed by atoms with E-state index in [-0.39, 0.29) is 5.91 Å². The van der Waals surface area contributed by atoms with Crippen LogP contribution in [0.1, 0.15) is 49.7 Å². The van der Waals surface area contributed by atoms with Crippen molar-refractivity contribution in [2.45, 2.75) is 58.4 Å². The maximum Gasteiger partial charge on any atom is 0.279 e. The maximum atomic E-state index is 12.4. The molecule has 1 heterocycles. The number of rotatable bonds is 3. The van der Waals surface area contributed by atoms with Crippen molar-refractivity contribution < 1.29 is 9.69 Å². The van der Waals surface area contributed by atoms with E-state index in [2.05, 4.69) is 37.4 Å². The quantitative estimate of drug-likeness (QED) is 0.883. The maximum absolute atomic E-state index is 12.4. The Bertz CT molecular complexity index is 518. The molecule has 1 saturated heterocycles. The van der Waals surface area contributed by atoms with E-state index >= 15 is 0 Å². The summed E-state index contributed by atoms with van der Waals surface area (Å²) in [7, 11) is 0. The number of quaternary nitrogens is 1. The minimum absolute atomic E-state index is 0.172. The van der Waals surface area contributed by atoms with Crippen LogP contribution in [0.15, 0.2) is 18.2 Å². The van der Waals surface area contributed by atoms with Gasteiger partial charge in [-0.2, -0.15) is 0 Å². The number of aryl methyl sites for hydroxylation is 2. The molecule has 22 heavy (non-hydrogen) atoms. The molecule has 0 aromatic heterocycles. The molecule has 3 atom stereocenters. The number of carbonyl (C=O) groups is 1. The molecule has 1 aliphatic heterocycles. The number of likely N-dealkylation sites (tertiary alicyclic amines) is 1. The Kier molecular flexibility index (Phi) is 4.82. The summed E-state index contributed by atoms with van der Waals surface area (Å²) in [5.74, 6) is 1.04. The largest absolute Gasteiger partial charge is 0.324 e. The third kappa shape index (κ3) is 3.70. The predicted octanol–water partition coefficient (Wildman–Crippen LogP) is 2.48. The zero-order chi connectivity index (χ0) is 15.5. The molecule has 1 aliphatic carbocycles. The molecule has 2 fully saturated rings. The number of piperidine rings is 1. The van der Waals surface area contributed by atoms with Crippen molar-refractivity contribution in [2.75, 3.05) is 18.4 Å². The van der Waals surface area contributed by atoms with Gasteiger partial charge in [-0.1, -0.05) is 12.5 Å². The fraction of sp³-hybridized carbons (Fsp3) is 0.632. The van der Waals surface area contributed by atoms with Gasteiger partial charge in [-0.15, -0.1) is 0 Å². The molecule has 2 N–H and O–H groups in total. The second kappa shape index (κ2) is 6.82. The van der Waals surface area contributed by atoms with Crippen LogP contribution >= 0.6 is 0 Å². The third-order valence-electron chi connectivity index (χ3n) is 5.40. The van der Waals surface area contributed by atoms with E-state index in [1.807, 2.05) is 0 Å². The molecule has 1 aromatic rings. The van der Waals surface area contributed by atoms with Gasteiger partial charge in [-0.25, -0.2) is 0 Å². The number of hydrogen-bond donors (Lipinski definition) is 2. The summed E-state index contributed by atoms with van der Waals surface area (Å²) in [6.07, 6.45) is 8.11. The smallest absolute Gasteiger partial charge is 0.279 e.